The Morgan fingerprint density at radius 3 is 2.85 bits per heavy atom. The number of benzene rings is 1. The van der Waals surface area contributed by atoms with Gasteiger partial charge in [-0.1, -0.05) is 0 Å². The summed E-state index contributed by atoms with van der Waals surface area (Å²) in [7, 11) is 1.62. The average Bonchev–Trinajstić information content (AvgIpc) is 3.19. The molecule has 1 saturated heterocycles. The third-order valence-electron chi connectivity index (χ3n) is 4.80. The van der Waals surface area contributed by atoms with Gasteiger partial charge in [0.25, 0.3) is 0 Å². The highest BCUT2D eigenvalue weighted by molar-refractivity contribution is 6.02. The molecule has 2 amide bonds. The van der Waals surface area contributed by atoms with E-state index in [1.54, 1.807) is 25.7 Å². The van der Waals surface area contributed by atoms with E-state index in [2.05, 4.69) is 15.3 Å². The summed E-state index contributed by atoms with van der Waals surface area (Å²) in [6, 6.07) is 11.4. The Morgan fingerprint density at radius 1 is 1.19 bits per heavy atom. The largest absolute Gasteiger partial charge is 0.494 e. The Bertz CT molecular complexity index is 930. The van der Waals surface area contributed by atoms with Crippen LogP contribution >= 0.6 is 0 Å². The zero-order valence-electron chi connectivity index (χ0n) is 14.6. The quantitative estimate of drug-likeness (QED) is 0.777. The highest BCUT2D eigenvalue weighted by atomic mass is 16.5. The van der Waals surface area contributed by atoms with Crippen LogP contribution in [-0.2, 0) is 0 Å². The molecule has 2 aromatic heterocycles. The van der Waals surface area contributed by atoms with Crippen LogP contribution in [0.25, 0.3) is 10.9 Å². The summed E-state index contributed by atoms with van der Waals surface area (Å²) in [6.45, 7) is 0.741. The lowest BCUT2D eigenvalue weighted by atomic mass is 10.1. The van der Waals surface area contributed by atoms with Gasteiger partial charge in [-0.2, -0.15) is 0 Å². The van der Waals surface area contributed by atoms with Gasteiger partial charge in [0, 0.05) is 30.5 Å². The Kier molecular flexibility index (Phi) is 4.39. The molecule has 0 radical (unpaired) electrons. The molecule has 132 valence electrons. The number of pyridine rings is 2. The first kappa shape index (κ1) is 16.3. The van der Waals surface area contributed by atoms with E-state index in [9.17, 15) is 4.79 Å². The number of likely N-dealkylation sites (tertiary alicyclic amines) is 1. The maximum absolute atomic E-state index is 12.9. The lowest BCUT2D eigenvalue weighted by molar-refractivity contribution is 0.207. The molecule has 3 aromatic rings. The molecule has 0 unspecified atom stereocenters. The molecule has 4 rings (SSSR count). The lowest BCUT2D eigenvalue weighted by Crippen LogP contribution is -2.34. The summed E-state index contributed by atoms with van der Waals surface area (Å²) in [5, 5.41) is 3.91. The highest BCUT2D eigenvalue weighted by Gasteiger charge is 2.30. The monoisotopic (exact) mass is 348 g/mol. The number of hydrogen-bond donors (Lipinski definition) is 1. The van der Waals surface area contributed by atoms with E-state index in [4.69, 9.17) is 4.74 Å². The fourth-order valence-corrected chi connectivity index (χ4v) is 3.55. The number of urea groups is 1. The van der Waals surface area contributed by atoms with Crippen molar-refractivity contribution in [1.29, 1.82) is 0 Å². The number of ether oxygens (including phenoxy) is 1. The average molecular weight is 348 g/mol. The topological polar surface area (TPSA) is 67.3 Å². The van der Waals surface area contributed by atoms with Gasteiger partial charge in [-0.15, -0.1) is 0 Å². The Labute approximate surface area is 151 Å². The number of fused-ring (bicyclic) bond motifs is 1. The summed E-state index contributed by atoms with van der Waals surface area (Å²) in [4.78, 5) is 23.3. The molecule has 0 spiro atoms. The first-order valence-corrected chi connectivity index (χ1v) is 8.67. The SMILES string of the molecule is COc1ccc(NC(=O)N2CCC[C@H]2c2ccncc2)c2cccnc12. The van der Waals surface area contributed by atoms with Crippen molar-refractivity contribution in [2.24, 2.45) is 0 Å². The minimum Gasteiger partial charge on any atom is -0.494 e. The maximum Gasteiger partial charge on any atom is 0.322 e. The van der Waals surface area contributed by atoms with Gasteiger partial charge in [0.2, 0.25) is 0 Å². The predicted octanol–water partition coefficient (Wildman–Crippen LogP) is 4.01. The van der Waals surface area contributed by atoms with Crippen LogP contribution in [0.1, 0.15) is 24.4 Å². The van der Waals surface area contributed by atoms with Crippen LogP contribution in [0, 0.1) is 0 Å². The van der Waals surface area contributed by atoms with Crippen LogP contribution in [0.15, 0.2) is 55.0 Å². The highest BCUT2D eigenvalue weighted by Crippen LogP contribution is 2.34. The van der Waals surface area contributed by atoms with E-state index < -0.39 is 0 Å². The standard InChI is InChI=1S/C20H20N4O2/c1-26-18-7-6-16(15-4-2-10-22-19(15)18)23-20(25)24-13-3-5-17(24)14-8-11-21-12-9-14/h2,4,6-12,17H,3,5,13H2,1H3,(H,23,25)/t17-/m0/s1. The number of hydrogen-bond acceptors (Lipinski definition) is 4. The minimum atomic E-state index is -0.0976. The molecule has 26 heavy (non-hydrogen) atoms. The second kappa shape index (κ2) is 7.00. The van der Waals surface area contributed by atoms with Crippen molar-refractivity contribution in [3.8, 4) is 5.75 Å². The third kappa shape index (κ3) is 2.94. The number of carbonyl (C=O) groups is 1. The molecule has 0 bridgehead atoms. The fraction of sp³-hybridized carbons (Fsp3) is 0.250. The second-order valence-electron chi connectivity index (χ2n) is 6.28. The number of anilines is 1. The summed E-state index contributed by atoms with van der Waals surface area (Å²) in [5.74, 6) is 0.689. The van der Waals surface area contributed by atoms with Crippen LogP contribution in [0.4, 0.5) is 10.5 Å². The second-order valence-corrected chi connectivity index (χ2v) is 6.28. The third-order valence-corrected chi connectivity index (χ3v) is 4.80. The van der Waals surface area contributed by atoms with Gasteiger partial charge in [-0.3, -0.25) is 9.97 Å². The summed E-state index contributed by atoms with van der Waals surface area (Å²) < 4.78 is 5.37. The Balaban J connectivity index is 1.61. The number of carbonyl (C=O) groups excluding carboxylic acids is 1. The van der Waals surface area contributed by atoms with Crippen molar-refractivity contribution < 1.29 is 9.53 Å². The molecule has 0 aliphatic carbocycles. The number of nitrogens with zero attached hydrogens (tertiary/aromatic N) is 3. The van der Waals surface area contributed by atoms with Crippen LogP contribution in [0.3, 0.4) is 0 Å². The van der Waals surface area contributed by atoms with Gasteiger partial charge in [0.05, 0.1) is 18.8 Å². The molecule has 1 aliphatic heterocycles. The maximum atomic E-state index is 12.9. The lowest BCUT2D eigenvalue weighted by Gasteiger charge is -2.25. The fourth-order valence-electron chi connectivity index (χ4n) is 3.55. The van der Waals surface area contributed by atoms with Gasteiger partial charge < -0.3 is 15.0 Å². The Morgan fingerprint density at radius 2 is 2.04 bits per heavy atom. The first-order valence-electron chi connectivity index (χ1n) is 8.67. The van der Waals surface area contributed by atoms with Gasteiger partial charge in [-0.25, -0.2) is 4.79 Å². The molecule has 0 saturated carbocycles. The van der Waals surface area contributed by atoms with Crippen LogP contribution in [0.2, 0.25) is 0 Å². The smallest absolute Gasteiger partial charge is 0.322 e. The van der Waals surface area contributed by atoms with Crippen molar-refractivity contribution in [2.75, 3.05) is 19.0 Å². The molecule has 1 fully saturated rings. The number of amides is 2. The normalized spacial score (nSPS) is 16.7. The Hall–Kier alpha value is -3.15. The predicted molar refractivity (Wildman–Crippen MR) is 100 cm³/mol. The van der Waals surface area contributed by atoms with Gasteiger partial charge in [0.15, 0.2) is 0 Å². The van der Waals surface area contributed by atoms with Crippen LogP contribution < -0.4 is 10.1 Å². The number of methoxy groups -OCH3 is 1. The van der Waals surface area contributed by atoms with E-state index in [0.717, 1.165) is 41.5 Å². The molecule has 1 N–H and O–H groups in total. The van der Waals surface area contributed by atoms with Gasteiger partial charge >= 0.3 is 6.03 Å². The number of nitrogens with one attached hydrogen (secondary N) is 1. The van der Waals surface area contributed by atoms with E-state index in [0.29, 0.717) is 5.75 Å². The number of rotatable bonds is 3. The van der Waals surface area contributed by atoms with E-state index in [1.807, 2.05) is 41.3 Å². The summed E-state index contributed by atoms with van der Waals surface area (Å²) >= 11 is 0. The van der Waals surface area contributed by atoms with Crippen molar-refractivity contribution in [2.45, 2.75) is 18.9 Å². The zero-order valence-corrected chi connectivity index (χ0v) is 14.6. The summed E-state index contributed by atoms with van der Waals surface area (Å²) in [5.41, 5.74) is 2.59. The molecule has 1 atom stereocenters. The van der Waals surface area contributed by atoms with Crippen LogP contribution in [0.5, 0.6) is 5.75 Å². The van der Waals surface area contributed by atoms with Crippen molar-refractivity contribution in [1.82, 2.24) is 14.9 Å². The molecular weight excluding hydrogens is 328 g/mol. The van der Waals surface area contributed by atoms with E-state index in [1.165, 1.54) is 0 Å². The van der Waals surface area contributed by atoms with Crippen molar-refractivity contribution in [3.63, 3.8) is 0 Å². The number of aromatic nitrogens is 2. The molecular formula is C20H20N4O2. The molecule has 1 aliphatic rings. The van der Waals surface area contributed by atoms with E-state index >= 15 is 0 Å². The van der Waals surface area contributed by atoms with Gasteiger partial charge in [0.1, 0.15) is 11.3 Å². The first-order chi connectivity index (χ1) is 12.8. The van der Waals surface area contributed by atoms with Crippen molar-refractivity contribution >= 4 is 22.6 Å². The molecule has 6 heteroatoms. The zero-order chi connectivity index (χ0) is 17.9. The minimum absolute atomic E-state index is 0.0839. The molecule has 3 heterocycles. The van der Waals surface area contributed by atoms with Crippen molar-refractivity contribution in [3.05, 3.63) is 60.6 Å². The van der Waals surface area contributed by atoms with Crippen LogP contribution in [-0.4, -0.2) is 34.6 Å². The summed E-state index contributed by atoms with van der Waals surface area (Å²) in [6.07, 6.45) is 7.21. The van der Waals surface area contributed by atoms with E-state index in [-0.39, 0.29) is 12.1 Å². The van der Waals surface area contributed by atoms with Gasteiger partial charge in [-0.05, 0) is 54.8 Å². The molecule has 1 aromatic carbocycles. The molecule has 6 nitrogen and oxygen atoms in total.